The molecule has 0 radical (unpaired) electrons. The standard InChI is InChI=1S/4Li.O2.3O.Ti/c;;;;1-2;;;;/q4*+1;4*-2;+4. The Hall–Kier alpha value is 2.90. The van der Waals surface area contributed by atoms with Crippen molar-refractivity contribution in [3.8, 4) is 0 Å². The van der Waals surface area contributed by atoms with Gasteiger partial charge in [-0.05, 0) is 0 Å². The maximum Gasteiger partial charge on any atom is 4.00 e. The van der Waals surface area contributed by atoms with Gasteiger partial charge in [0.05, 0.1) is 0 Å². The molecule has 38 valence electrons. The van der Waals surface area contributed by atoms with Gasteiger partial charge in [-0.3, -0.25) is 0 Å². The largest absolute Gasteiger partial charge is 4.00 e. The molecule has 0 bridgehead atoms. The van der Waals surface area contributed by atoms with Crippen LogP contribution in [0.15, 0.2) is 0 Å². The minimum absolute atomic E-state index is 0. The summed E-state index contributed by atoms with van der Waals surface area (Å²) in [6.07, 6.45) is 0. The van der Waals surface area contributed by atoms with Crippen molar-refractivity contribution in [1.82, 2.24) is 0 Å². The topological polar surface area (TPSA) is 132 Å². The molecule has 10 heteroatoms. The maximum absolute atomic E-state index is 7.00. The molecular weight excluding hydrogens is 156 g/mol. The van der Waals surface area contributed by atoms with Gasteiger partial charge in [0.15, 0.2) is 0 Å². The van der Waals surface area contributed by atoms with E-state index in [9.17, 15) is 0 Å². The van der Waals surface area contributed by atoms with Gasteiger partial charge in [-0.15, -0.1) is 0 Å². The molecule has 0 heterocycles. The fourth-order valence-corrected chi connectivity index (χ4v) is 0. The first-order valence-electron chi connectivity index (χ1n) is 0.167. The van der Waals surface area contributed by atoms with E-state index in [1.807, 2.05) is 0 Å². The van der Waals surface area contributed by atoms with Crippen LogP contribution in [0.25, 0.3) is 0 Å². The molecule has 0 aromatic carbocycles. The molecule has 0 N–H and O–H groups in total. The van der Waals surface area contributed by atoms with Crippen LogP contribution in [0.4, 0.5) is 0 Å². The van der Waals surface area contributed by atoms with Crippen molar-refractivity contribution < 1.29 is 124 Å². The zero-order valence-corrected chi connectivity index (χ0v) is 8.10. The van der Waals surface area contributed by atoms with Crippen LogP contribution in [0.1, 0.15) is 0 Å². The van der Waals surface area contributed by atoms with Crippen molar-refractivity contribution in [2.75, 3.05) is 0 Å². The van der Waals surface area contributed by atoms with Gasteiger partial charge in [0.25, 0.3) is 0 Å². The summed E-state index contributed by atoms with van der Waals surface area (Å²) in [5.41, 5.74) is 0. The van der Waals surface area contributed by atoms with Crippen LogP contribution in [0, 0.1) is 0 Å². The zero-order valence-electron chi connectivity index (χ0n) is 6.54. The number of hydrogen-bond donors (Lipinski definition) is 0. The Morgan fingerprint density at radius 1 is 0.500 bits per heavy atom. The summed E-state index contributed by atoms with van der Waals surface area (Å²) in [4.78, 5) is 0. The second kappa shape index (κ2) is 168. The van der Waals surface area contributed by atoms with E-state index in [1.165, 1.54) is 0 Å². The molecule has 0 aromatic rings. The van der Waals surface area contributed by atoms with Gasteiger partial charge in [-0.25, -0.2) is 0 Å². The zero-order chi connectivity index (χ0) is 2.00. The predicted molar refractivity (Wildman–Crippen MR) is 2.06 cm³/mol. The fraction of sp³-hybridized carbons (Fsp3) is 0. The summed E-state index contributed by atoms with van der Waals surface area (Å²) in [6.45, 7) is 0. The second-order valence-corrected chi connectivity index (χ2v) is 0. The molecule has 0 rings (SSSR count). The van der Waals surface area contributed by atoms with Crippen LogP contribution in [0.3, 0.4) is 0 Å². The summed E-state index contributed by atoms with van der Waals surface area (Å²) in [5.74, 6) is 0. The van der Waals surface area contributed by atoms with Crippen molar-refractivity contribution in [2.24, 2.45) is 0 Å². The molecule has 0 atom stereocenters. The van der Waals surface area contributed by atoms with Gasteiger partial charge in [-0.1, -0.05) is 0 Å². The first-order chi connectivity index (χ1) is 1.00. The van der Waals surface area contributed by atoms with E-state index in [1.54, 1.807) is 0 Å². The summed E-state index contributed by atoms with van der Waals surface area (Å²) in [6, 6.07) is 0. The van der Waals surface area contributed by atoms with Crippen molar-refractivity contribution in [3.05, 3.63) is 0 Å². The Morgan fingerprint density at radius 3 is 0.500 bits per heavy atom. The van der Waals surface area contributed by atoms with Crippen LogP contribution in [-0.4, -0.2) is 0 Å². The minimum Gasteiger partial charge on any atom is -2.00 e. The summed E-state index contributed by atoms with van der Waals surface area (Å²) in [5, 5.41) is 14.0. The predicted octanol–water partition coefficient (Wildman–Crippen LogP) is -14.7. The minimum atomic E-state index is 0. The summed E-state index contributed by atoms with van der Waals surface area (Å²) in [7, 11) is 0. The molecule has 10 heavy (non-hydrogen) atoms. The van der Waals surface area contributed by atoms with Gasteiger partial charge >= 0.3 is 97.2 Å². The van der Waals surface area contributed by atoms with E-state index in [-0.39, 0.29) is 114 Å². The Kier molecular flexibility index (Phi) is 2010. The molecule has 0 aliphatic carbocycles. The van der Waals surface area contributed by atoms with Crippen LogP contribution in [-0.2, 0) is 38.1 Å². The molecule has 0 spiro atoms. The SMILES string of the molecule is [Li+].[Li+].[Li+].[Li+].[O-2].[O-2].[O-2].[O-][O-].[Ti+4]. The average Bonchev–Trinajstić information content (AvgIpc) is 1.00. The molecule has 5 nitrogen and oxygen atoms in total. The van der Waals surface area contributed by atoms with Crippen molar-refractivity contribution in [1.29, 1.82) is 0 Å². The molecule has 0 aliphatic heterocycles. The molecule has 0 aromatic heterocycles. The Labute approximate surface area is 123 Å². The third kappa shape index (κ3) is 127. The first kappa shape index (κ1) is 120. The molecule has 0 fully saturated rings. The normalized spacial score (nSPS) is 0.600. The van der Waals surface area contributed by atoms with Crippen LogP contribution >= 0.6 is 0 Å². The molecule has 0 unspecified atom stereocenters. The van der Waals surface area contributed by atoms with Crippen LogP contribution in [0.2, 0.25) is 0 Å². The van der Waals surface area contributed by atoms with Crippen LogP contribution in [0.5, 0.6) is 0 Å². The van der Waals surface area contributed by atoms with Crippen LogP contribution < -0.4 is 86.0 Å². The molecular formula is Li4O5Ti. The summed E-state index contributed by atoms with van der Waals surface area (Å²) < 4.78 is 0. The quantitative estimate of drug-likeness (QED) is 0.195. The van der Waals surface area contributed by atoms with Gasteiger partial charge in [0.2, 0.25) is 0 Å². The van der Waals surface area contributed by atoms with Crippen molar-refractivity contribution in [3.63, 3.8) is 0 Å². The Balaban J connectivity index is -0.000000000179. The molecule has 0 saturated heterocycles. The molecule has 0 amide bonds. The third-order valence-corrected chi connectivity index (χ3v) is 0. The van der Waals surface area contributed by atoms with Gasteiger partial charge in [0, 0.05) is 0 Å². The maximum atomic E-state index is 7.00. The van der Waals surface area contributed by atoms with Gasteiger partial charge in [0.1, 0.15) is 0 Å². The fourth-order valence-electron chi connectivity index (χ4n) is 0. The monoisotopic (exact) mass is 156 g/mol. The number of rotatable bonds is 0. The van der Waals surface area contributed by atoms with E-state index < -0.39 is 0 Å². The average molecular weight is 156 g/mol. The van der Waals surface area contributed by atoms with E-state index in [4.69, 9.17) is 10.5 Å². The molecule has 0 saturated carbocycles. The summed E-state index contributed by atoms with van der Waals surface area (Å²) >= 11 is 0. The van der Waals surface area contributed by atoms with E-state index in [2.05, 4.69) is 0 Å². The van der Waals surface area contributed by atoms with E-state index >= 15 is 0 Å². The first-order valence-corrected chi connectivity index (χ1v) is 0.167. The van der Waals surface area contributed by atoms with Crippen molar-refractivity contribution in [2.45, 2.75) is 0 Å². The van der Waals surface area contributed by atoms with Gasteiger partial charge < -0.3 is 26.9 Å². The van der Waals surface area contributed by atoms with Gasteiger partial charge in [-0.2, -0.15) is 0 Å². The van der Waals surface area contributed by atoms with E-state index in [0.717, 1.165) is 0 Å². The molecule has 0 aliphatic rings. The van der Waals surface area contributed by atoms with E-state index in [0.29, 0.717) is 0 Å². The Morgan fingerprint density at radius 2 is 0.500 bits per heavy atom. The third-order valence-electron chi connectivity index (χ3n) is 0. The van der Waals surface area contributed by atoms with Crippen molar-refractivity contribution >= 4 is 0 Å². The second-order valence-electron chi connectivity index (χ2n) is 0. The smallest absolute Gasteiger partial charge is 2.00 e. The number of hydrogen-bond acceptors (Lipinski definition) is 2. The Bertz CT molecular complexity index is 13.6.